The summed E-state index contributed by atoms with van der Waals surface area (Å²) in [6, 6.07) is 23.6. The number of rotatable bonds is 7. The fraction of sp³-hybridized carbons (Fsp3) is 0.143. The Bertz CT molecular complexity index is 1400. The molecule has 1 aliphatic rings. The Morgan fingerprint density at radius 1 is 0.882 bits per heavy atom. The number of benzene rings is 3. The zero-order valence-corrected chi connectivity index (χ0v) is 19.8. The van der Waals surface area contributed by atoms with Crippen LogP contribution in [-0.4, -0.2) is 29.9 Å². The molecule has 1 aromatic heterocycles. The Morgan fingerprint density at radius 3 is 2.41 bits per heavy atom. The van der Waals surface area contributed by atoms with Gasteiger partial charge in [0.25, 0.3) is 11.8 Å². The Kier molecular flexibility index (Phi) is 5.90. The molecule has 0 saturated heterocycles. The number of ether oxygens (including phenoxy) is 1. The minimum atomic E-state index is -0.342. The maximum absolute atomic E-state index is 13.4. The number of hydrogen-bond donors (Lipinski definition) is 1. The van der Waals surface area contributed by atoms with Gasteiger partial charge in [-0.3, -0.25) is 14.5 Å². The second-order valence-corrected chi connectivity index (χ2v) is 9.26. The van der Waals surface area contributed by atoms with E-state index in [1.54, 1.807) is 0 Å². The van der Waals surface area contributed by atoms with E-state index in [0.29, 0.717) is 11.3 Å². The molecule has 0 bridgehead atoms. The van der Waals surface area contributed by atoms with Gasteiger partial charge in [0.05, 0.1) is 12.1 Å². The SMILES string of the molecule is Cc1cc(C)cc(OCCN2C(=O)C(Nc3cccc4ccccc34)=C(c3cccs3)C2=O)c1. The number of hydrogen-bond acceptors (Lipinski definition) is 5. The second kappa shape index (κ2) is 9.15. The van der Waals surface area contributed by atoms with Crippen molar-refractivity contribution in [1.29, 1.82) is 0 Å². The van der Waals surface area contributed by atoms with E-state index < -0.39 is 0 Å². The number of carbonyl (C=O) groups excluding carboxylic acids is 2. The predicted molar refractivity (Wildman–Crippen MR) is 137 cm³/mol. The molecule has 1 N–H and O–H groups in total. The van der Waals surface area contributed by atoms with Gasteiger partial charge in [0, 0.05) is 16.0 Å². The molecule has 5 nitrogen and oxygen atoms in total. The lowest BCUT2D eigenvalue weighted by atomic mass is 10.1. The Balaban J connectivity index is 1.42. The zero-order valence-electron chi connectivity index (χ0n) is 19.0. The maximum atomic E-state index is 13.4. The molecule has 0 radical (unpaired) electrons. The first-order valence-electron chi connectivity index (χ1n) is 11.1. The number of fused-ring (bicyclic) bond motifs is 1. The largest absolute Gasteiger partial charge is 0.492 e. The zero-order chi connectivity index (χ0) is 23.7. The van der Waals surface area contributed by atoms with Gasteiger partial charge in [-0.15, -0.1) is 11.3 Å². The van der Waals surface area contributed by atoms with Gasteiger partial charge in [-0.2, -0.15) is 0 Å². The van der Waals surface area contributed by atoms with Crippen molar-refractivity contribution in [3.8, 4) is 5.75 Å². The highest BCUT2D eigenvalue weighted by Crippen LogP contribution is 2.34. The average molecular weight is 469 g/mol. The van der Waals surface area contributed by atoms with E-state index in [1.807, 2.05) is 86.0 Å². The van der Waals surface area contributed by atoms with Crippen LogP contribution >= 0.6 is 11.3 Å². The third-order valence-corrected chi connectivity index (χ3v) is 6.65. The fourth-order valence-corrected chi connectivity index (χ4v) is 5.05. The Morgan fingerprint density at radius 2 is 1.65 bits per heavy atom. The molecule has 0 saturated carbocycles. The highest BCUT2D eigenvalue weighted by atomic mass is 32.1. The number of thiophene rings is 1. The Labute approximate surface area is 202 Å². The van der Waals surface area contributed by atoms with Gasteiger partial charge in [-0.25, -0.2) is 0 Å². The smallest absolute Gasteiger partial charge is 0.278 e. The molecule has 34 heavy (non-hydrogen) atoms. The van der Waals surface area contributed by atoms with Crippen LogP contribution in [0.3, 0.4) is 0 Å². The molecule has 3 aromatic carbocycles. The lowest BCUT2D eigenvalue weighted by molar-refractivity contribution is -0.137. The third kappa shape index (κ3) is 4.20. The topological polar surface area (TPSA) is 58.6 Å². The van der Waals surface area contributed by atoms with Crippen LogP contribution < -0.4 is 10.1 Å². The molecule has 170 valence electrons. The highest BCUT2D eigenvalue weighted by Gasteiger charge is 2.39. The van der Waals surface area contributed by atoms with E-state index in [0.717, 1.165) is 38.2 Å². The van der Waals surface area contributed by atoms with Crippen molar-refractivity contribution in [2.75, 3.05) is 18.5 Å². The second-order valence-electron chi connectivity index (χ2n) is 8.31. The van der Waals surface area contributed by atoms with Gasteiger partial charge in [-0.05, 0) is 60.0 Å². The van der Waals surface area contributed by atoms with E-state index in [9.17, 15) is 9.59 Å². The number of nitrogens with one attached hydrogen (secondary N) is 1. The maximum Gasteiger partial charge on any atom is 0.278 e. The molecular weight excluding hydrogens is 444 g/mol. The van der Waals surface area contributed by atoms with Crippen molar-refractivity contribution >= 4 is 45.2 Å². The molecule has 2 heterocycles. The van der Waals surface area contributed by atoms with E-state index in [2.05, 4.69) is 11.4 Å². The number of anilines is 1. The summed E-state index contributed by atoms with van der Waals surface area (Å²) in [5, 5.41) is 7.24. The molecule has 0 unspecified atom stereocenters. The van der Waals surface area contributed by atoms with Crippen LogP contribution in [0.2, 0.25) is 0 Å². The Hall–Kier alpha value is -3.90. The molecule has 5 rings (SSSR count). The van der Waals surface area contributed by atoms with Gasteiger partial charge in [0.15, 0.2) is 0 Å². The minimum Gasteiger partial charge on any atom is -0.492 e. The molecule has 0 fully saturated rings. The molecule has 1 aliphatic heterocycles. The molecule has 6 heteroatoms. The van der Waals surface area contributed by atoms with Gasteiger partial charge < -0.3 is 10.1 Å². The van der Waals surface area contributed by atoms with E-state index in [1.165, 1.54) is 16.2 Å². The van der Waals surface area contributed by atoms with Gasteiger partial charge in [0.1, 0.15) is 18.1 Å². The summed E-state index contributed by atoms with van der Waals surface area (Å²) in [7, 11) is 0. The molecule has 0 spiro atoms. The quantitative estimate of drug-likeness (QED) is 0.349. The lowest BCUT2D eigenvalue weighted by Gasteiger charge is -2.16. The van der Waals surface area contributed by atoms with Crippen LogP contribution in [0.5, 0.6) is 5.75 Å². The summed E-state index contributed by atoms with van der Waals surface area (Å²) >= 11 is 1.44. The number of carbonyl (C=O) groups is 2. The number of imide groups is 1. The highest BCUT2D eigenvalue weighted by molar-refractivity contribution is 7.11. The van der Waals surface area contributed by atoms with Crippen LogP contribution in [0.4, 0.5) is 5.69 Å². The molecule has 2 amide bonds. The normalized spacial score (nSPS) is 13.8. The molecule has 0 atom stereocenters. The van der Waals surface area contributed by atoms with Gasteiger partial charge in [-0.1, -0.05) is 48.5 Å². The summed E-state index contributed by atoms with van der Waals surface area (Å²) in [6.07, 6.45) is 0. The average Bonchev–Trinajstić information content (AvgIpc) is 3.41. The van der Waals surface area contributed by atoms with Crippen molar-refractivity contribution in [2.24, 2.45) is 0 Å². The summed E-state index contributed by atoms with van der Waals surface area (Å²) < 4.78 is 5.88. The summed E-state index contributed by atoms with van der Waals surface area (Å²) in [5.74, 6) is 0.0849. The summed E-state index contributed by atoms with van der Waals surface area (Å²) in [5.41, 5.74) is 3.70. The van der Waals surface area contributed by atoms with Crippen molar-refractivity contribution in [3.05, 3.63) is 99.9 Å². The van der Waals surface area contributed by atoms with Crippen LogP contribution in [0.15, 0.2) is 83.9 Å². The first-order chi connectivity index (χ1) is 16.5. The van der Waals surface area contributed by atoms with Gasteiger partial charge in [0.2, 0.25) is 0 Å². The third-order valence-electron chi connectivity index (χ3n) is 5.76. The standard InChI is InChI=1S/C28H24N2O3S/c1-18-15-19(2)17-21(16-18)33-13-12-30-27(31)25(24-11-6-14-34-24)26(28(30)32)29-23-10-5-8-20-7-3-4-9-22(20)23/h3-11,14-17,29H,12-13H2,1-2H3. The van der Waals surface area contributed by atoms with E-state index in [-0.39, 0.29) is 25.0 Å². The van der Waals surface area contributed by atoms with Crippen LogP contribution in [0, 0.1) is 13.8 Å². The van der Waals surface area contributed by atoms with Crippen molar-refractivity contribution < 1.29 is 14.3 Å². The number of amides is 2. The van der Waals surface area contributed by atoms with Crippen molar-refractivity contribution in [2.45, 2.75) is 13.8 Å². The molecule has 0 aliphatic carbocycles. The van der Waals surface area contributed by atoms with Crippen LogP contribution in [0.1, 0.15) is 16.0 Å². The fourth-order valence-electron chi connectivity index (χ4n) is 4.28. The van der Waals surface area contributed by atoms with Crippen molar-refractivity contribution in [3.63, 3.8) is 0 Å². The van der Waals surface area contributed by atoms with E-state index >= 15 is 0 Å². The monoisotopic (exact) mass is 468 g/mol. The number of aryl methyl sites for hydroxylation is 2. The first kappa shape index (κ1) is 21.9. The molecular formula is C28H24N2O3S. The predicted octanol–water partition coefficient (Wildman–Crippen LogP) is 5.79. The first-order valence-corrected chi connectivity index (χ1v) is 12.0. The summed E-state index contributed by atoms with van der Waals surface area (Å²) in [4.78, 5) is 28.9. The van der Waals surface area contributed by atoms with Gasteiger partial charge >= 0.3 is 0 Å². The van der Waals surface area contributed by atoms with Crippen LogP contribution in [0.25, 0.3) is 16.3 Å². The molecule has 4 aromatic rings. The van der Waals surface area contributed by atoms with Crippen molar-refractivity contribution in [1.82, 2.24) is 4.90 Å². The number of nitrogens with zero attached hydrogens (tertiary/aromatic N) is 1. The van der Waals surface area contributed by atoms with E-state index in [4.69, 9.17) is 4.74 Å². The lowest BCUT2D eigenvalue weighted by Crippen LogP contribution is -2.36. The minimum absolute atomic E-state index is 0.167. The summed E-state index contributed by atoms with van der Waals surface area (Å²) in [6.45, 7) is 4.41. The van der Waals surface area contributed by atoms with Crippen LogP contribution in [-0.2, 0) is 9.59 Å².